The molecule has 0 spiro atoms. The van der Waals surface area contributed by atoms with E-state index in [1.165, 1.54) is 18.9 Å². The van der Waals surface area contributed by atoms with Gasteiger partial charge in [0.15, 0.2) is 0 Å². The minimum Gasteiger partial charge on any atom is -0.458 e. The average Bonchev–Trinajstić information content (AvgIpc) is 2.46. The Morgan fingerprint density at radius 2 is 2.29 bits per heavy atom. The lowest BCUT2D eigenvalue weighted by Gasteiger charge is -2.17. The van der Waals surface area contributed by atoms with Crippen molar-refractivity contribution >= 4 is 5.97 Å². The summed E-state index contributed by atoms with van der Waals surface area (Å²) in [6, 6.07) is 0. The molecule has 0 N–H and O–H groups in total. The normalized spacial score (nSPS) is 34.4. The van der Waals surface area contributed by atoms with Gasteiger partial charge in [-0.25, -0.2) is 0 Å². The molecule has 14 heavy (non-hydrogen) atoms. The van der Waals surface area contributed by atoms with E-state index in [1.54, 1.807) is 0 Å². The third-order valence-electron chi connectivity index (χ3n) is 3.83. The highest BCUT2D eigenvalue weighted by Crippen LogP contribution is 2.67. The van der Waals surface area contributed by atoms with Gasteiger partial charge in [0.25, 0.3) is 0 Å². The minimum absolute atomic E-state index is 0.0238. The SMILES string of the molecule is CC(=O)O[C@H](C)C1=CC[C@@H]2[C@H]1C2(C)C. The lowest BCUT2D eigenvalue weighted by molar-refractivity contribution is -0.144. The first kappa shape index (κ1) is 9.75. The largest absolute Gasteiger partial charge is 0.458 e. The number of carbonyl (C=O) groups is 1. The number of fused-ring (bicyclic) bond motifs is 1. The molecule has 0 aromatic rings. The summed E-state index contributed by atoms with van der Waals surface area (Å²) in [5, 5.41) is 0. The molecule has 2 aliphatic rings. The van der Waals surface area contributed by atoms with Crippen LogP contribution in [-0.4, -0.2) is 12.1 Å². The van der Waals surface area contributed by atoms with Crippen LogP contribution >= 0.6 is 0 Å². The van der Waals surface area contributed by atoms with Crippen LogP contribution in [0.1, 0.15) is 34.1 Å². The topological polar surface area (TPSA) is 26.3 Å². The molecule has 0 heterocycles. The summed E-state index contributed by atoms with van der Waals surface area (Å²) < 4.78 is 5.22. The maximum Gasteiger partial charge on any atom is 0.303 e. The Kier molecular flexibility index (Phi) is 1.98. The van der Waals surface area contributed by atoms with Crippen molar-refractivity contribution in [2.75, 3.05) is 0 Å². The zero-order chi connectivity index (χ0) is 10.5. The first-order valence-electron chi connectivity index (χ1n) is 5.31. The Balaban J connectivity index is 2.03. The van der Waals surface area contributed by atoms with Crippen molar-refractivity contribution in [3.05, 3.63) is 11.6 Å². The van der Waals surface area contributed by atoms with E-state index in [4.69, 9.17) is 4.74 Å². The Labute approximate surface area is 85.3 Å². The van der Waals surface area contributed by atoms with E-state index in [1.807, 2.05) is 6.92 Å². The molecule has 2 rings (SSSR count). The molecule has 0 unspecified atom stereocenters. The molecule has 0 amide bonds. The summed E-state index contributed by atoms with van der Waals surface area (Å²) in [5.41, 5.74) is 1.79. The Hall–Kier alpha value is -0.790. The number of esters is 1. The zero-order valence-corrected chi connectivity index (χ0v) is 9.33. The van der Waals surface area contributed by atoms with E-state index >= 15 is 0 Å². The predicted molar refractivity (Wildman–Crippen MR) is 54.7 cm³/mol. The number of ether oxygens (including phenoxy) is 1. The molecule has 0 radical (unpaired) electrons. The molecule has 0 bridgehead atoms. The Bertz CT molecular complexity index is 301. The fourth-order valence-corrected chi connectivity index (χ4v) is 2.97. The standard InChI is InChI=1S/C12H18O2/c1-7(14-8(2)13)9-5-6-10-11(9)12(10,3)4/h5,7,10-11H,6H2,1-4H3/t7-,10-,11+/m1/s1. The second-order valence-electron chi connectivity index (χ2n) is 5.10. The molecule has 0 aromatic carbocycles. The molecule has 1 saturated carbocycles. The van der Waals surface area contributed by atoms with Crippen LogP contribution in [-0.2, 0) is 9.53 Å². The fraction of sp³-hybridized carbons (Fsp3) is 0.750. The van der Waals surface area contributed by atoms with Gasteiger partial charge in [0.05, 0.1) is 0 Å². The van der Waals surface area contributed by atoms with Gasteiger partial charge in [-0.1, -0.05) is 19.9 Å². The van der Waals surface area contributed by atoms with Crippen molar-refractivity contribution in [1.29, 1.82) is 0 Å². The van der Waals surface area contributed by atoms with E-state index in [-0.39, 0.29) is 12.1 Å². The van der Waals surface area contributed by atoms with Crippen LogP contribution in [0.25, 0.3) is 0 Å². The van der Waals surface area contributed by atoms with Gasteiger partial charge in [0.1, 0.15) is 6.10 Å². The molecule has 3 atom stereocenters. The highest BCUT2D eigenvalue weighted by atomic mass is 16.5. The van der Waals surface area contributed by atoms with Crippen molar-refractivity contribution in [2.24, 2.45) is 17.3 Å². The summed E-state index contributed by atoms with van der Waals surface area (Å²) in [6.45, 7) is 8.05. The third kappa shape index (κ3) is 1.28. The molecule has 0 aliphatic heterocycles. The summed E-state index contributed by atoms with van der Waals surface area (Å²) in [6.07, 6.45) is 3.40. The number of carbonyl (C=O) groups excluding carboxylic acids is 1. The molecular weight excluding hydrogens is 176 g/mol. The maximum atomic E-state index is 10.8. The lowest BCUT2D eigenvalue weighted by atomic mass is 9.97. The molecule has 1 fully saturated rings. The maximum absolute atomic E-state index is 10.8. The van der Waals surface area contributed by atoms with Gasteiger partial charge in [-0.05, 0) is 36.2 Å². The highest BCUT2D eigenvalue weighted by Gasteiger charge is 2.61. The van der Waals surface area contributed by atoms with Crippen LogP contribution < -0.4 is 0 Å². The van der Waals surface area contributed by atoms with Crippen LogP contribution in [0, 0.1) is 17.3 Å². The first-order valence-corrected chi connectivity index (χ1v) is 5.31. The van der Waals surface area contributed by atoms with Crippen LogP contribution in [0.5, 0.6) is 0 Å². The van der Waals surface area contributed by atoms with E-state index in [9.17, 15) is 4.79 Å². The second-order valence-corrected chi connectivity index (χ2v) is 5.10. The number of hydrogen-bond donors (Lipinski definition) is 0. The van der Waals surface area contributed by atoms with Gasteiger partial charge in [-0.15, -0.1) is 0 Å². The quantitative estimate of drug-likeness (QED) is 0.499. The van der Waals surface area contributed by atoms with E-state index < -0.39 is 0 Å². The first-order chi connectivity index (χ1) is 6.44. The van der Waals surface area contributed by atoms with Crippen LogP contribution in [0.15, 0.2) is 11.6 Å². The summed E-state index contributed by atoms with van der Waals surface area (Å²) in [4.78, 5) is 10.8. The van der Waals surface area contributed by atoms with Crippen LogP contribution in [0.4, 0.5) is 0 Å². The van der Waals surface area contributed by atoms with E-state index in [0.29, 0.717) is 11.3 Å². The molecule has 2 nitrogen and oxygen atoms in total. The molecule has 78 valence electrons. The molecule has 2 heteroatoms. The zero-order valence-electron chi connectivity index (χ0n) is 9.33. The van der Waals surface area contributed by atoms with Crippen molar-refractivity contribution in [3.63, 3.8) is 0 Å². The van der Waals surface area contributed by atoms with Crippen LogP contribution in [0.2, 0.25) is 0 Å². The number of allylic oxidation sites excluding steroid dienone is 1. The number of rotatable bonds is 2. The van der Waals surface area contributed by atoms with Crippen molar-refractivity contribution in [1.82, 2.24) is 0 Å². The Morgan fingerprint density at radius 1 is 1.64 bits per heavy atom. The van der Waals surface area contributed by atoms with Crippen molar-refractivity contribution in [3.8, 4) is 0 Å². The van der Waals surface area contributed by atoms with Gasteiger partial charge < -0.3 is 4.74 Å². The Morgan fingerprint density at radius 3 is 2.71 bits per heavy atom. The van der Waals surface area contributed by atoms with Gasteiger partial charge in [0, 0.05) is 6.92 Å². The lowest BCUT2D eigenvalue weighted by Crippen LogP contribution is -2.17. The fourth-order valence-electron chi connectivity index (χ4n) is 2.97. The molecule has 2 aliphatic carbocycles. The summed E-state index contributed by atoms with van der Waals surface area (Å²) in [5.74, 6) is 1.28. The highest BCUT2D eigenvalue weighted by molar-refractivity contribution is 5.66. The summed E-state index contributed by atoms with van der Waals surface area (Å²) in [7, 11) is 0. The molecular formula is C12H18O2. The minimum atomic E-state index is -0.180. The monoisotopic (exact) mass is 194 g/mol. The molecule has 0 aromatic heterocycles. The van der Waals surface area contributed by atoms with Crippen molar-refractivity contribution in [2.45, 2.75) is 40.2 Å². The third-order valence-corrected chi connectivity index (χ3v) is 3.83. The van der Waals surface area contributed by atoms with Crippen molar-refractivity contribution < 1.29 is 9.53 Å². The average molecular weight is 194 g/mol. The number of hydrogen-bond acceptors (Lipinski definition) is 2. The smallest absolute Gasteiger partial charge is 0.303 e. The van der Waals surface area contributed by atoms with Gasteiger partial charge >= 0.3 is 5.97 Å². The van der Waals surface area contributed by atoms with E-state index in [0.717, 1.165) is 5.92 Å². The van der Waals surface area contributed by atoms with Gasteiger partial charge in [-0.3, -0.25) is 4.79 Å². The van der Waals surface area contributed by atoms with Gasteiger partial charge in [0.2, 0.25) is 0 Å². The second kappa shape index (κ2) is 2.85. The van der Waals surface area contributed by atoms with E-state index in [2.05, 4.69) is 19.9 Å². The summed E-state index contributed by atoms with van der Waals surface area (Å²) >= 11 is 0. The van der Waals surface area contributed by atoms with Gasteiger partial charge in [-0.2, -0.15) is 0 Å². The predicted octanol–water partition coefficient (Wildman–Crippen LogP) is 2.54. The van der Waals surface area contributed by atoms with Crippen LogP contribution in [0.3, 0.4) is 0 Å². The molecule has 0 saturated heterocycles.